The van der Waals surface area contributed by atoms with Gasteiger partial charge in [-0.1, -0.05) is 32.0 Å². The monoisotopic (exact) mass is 447 g/mol. The van der Waals surface area contributed by atoms with Crippen LogP contribution in [0.2, 0.25) is 0 Å². The lowest BCUT2D eigenvalue weighted by molar-refractivity contribution is 0.257. The molecule has 3 aromatic rings. The van der Waals surface area contributed by atoms with E-state index in [2.05, 4.69) is 82.2 Å². The first-order valence-electron chi connectivity index (χ1n) is 12.1. The van der Waals surface area contributed by atoms with Gasteiger partial charge in [-0.3, -0.25) is 4.90 Å². The van der Waals surface area contributed by atoms with E-state index in [0.717, 1.165) is 69.4 Å². The van der Waals surface area contributed by atoms with Gasteiger partial charge in [0.05, 0.1) is 18.5 Å². The molecular formula is C27H37N5O. The number of aromatic nitrogens is 2. The highest BCUT2D eigenvalue weighted by Gasteiger charge is 2.17. The molecule has 0 unspecified atom stereocenters. The van der Waals surface area contributed by atoms with Crippen LogP contribution < -0.4 is 15.0 Å². The Morgan fingerprint density at radius 3 is 2.33 bits per heavy atom. The van der Waals surface area contributed by atoms with Crippen molar-refractivity contribution in [3.63, 3.8) is 0 Å². The largest absolute Gasteiger partial charge is 0.497 e. The summed E-state index contributed by atoms with van der Waals surface area (Å²) in [6, 6.07) is 21.1. The van der Waals surface area contributed by atoms with Crippen molar-refractivity contribution in [1.29, 1.82) is 0 Å². The van der Waals surface area contributed by atoms with Crippen molar-refractivity contribution < 1.29 is 4.74 Å². The molecule has 2 heterocycles. The van der Waals surface area contributed by atoms with Crippen LogP contribution in [0.1, 0.15) is 25.2 Å². The highest BCUT2D eigenvalue weighted by molar-refractivity contribution is 5.49. The van der Waals surface area contributed by atoms with Crippen molar-refractivity contribution in [3.05, 3.63) is 72.1 Å². The zero-order valence-corrected chi connectivity index (χ0v) is 20.2. The van der Waals surface area contributed by atoms with E-state index in [1.165, 1.54) is 11.4 Å². The third-order valence-electron chi connectivity index (χ3n) is 6.17. The highest BCUT2D eigenvalue weighted by Crippen LogP contribution is 2.20. The molecule has 0 atom stereocenters. The first-order chi connectivity index (χ1) is 16.1. The average molecular weight is 448 g/mol. The fourth-order valence-corrected chi connectivity index (χ4v) is 4.39. The first kappa shape index (κ1) is 23.3. The summed E-state index contributed by atoms with van der Waals surface area (Å²) in [5.41, 5.74) is 4.80. The fourth-order valence-electron chi connectivity index (χ4n) is 4.39. The molecule has 1 saturated heterocycles. The topological polar surface area (TPSA) is 45.6 Å². The second-order valence-corrected chi connectivity index (χ2v) is 9.18. The summed E-state index contributed by atoms with van der Waals surface area (Å²) in [5.74, 6) is 1.51. The zero-order valence-electron chi connectivity index (χ0n) is 20.2. The molecule has 0 aliphatic carbocycles. The number of nitrogens with one attached hydrogen (secondary N) is 1. The van der Waals surface area contributed by atoms with Gasteiger partial charge in [-0.05, 0) is 54.8 Å². The van der Waals surface area contributed by atoms with Crippen LogP contribution in [0.4, 0.5) is 5.69 Å². The maximum atomic E-state index is 5.27. The van der Waals surface area contributed by atoms with Gasteiger partial charge < -0.3 is 15.0 Å². The number of methoxy groups -OCH3 is 1. The van der Waals surface area contributed by atoms with Crippen LogP contribution in [0.15, 0.2) is 60.7 Å². The molecule has 6 heteroatoms. The Morgan fingerprint density at radius 2 is 1.67 bits per heavy atom. The number of rotatable bonds is 10. The molecular weight excluding hydrogens is 410 g/mol. The van der Waals surface area contributed by atoms with Gasteiger partial charge in [-0.25, -0.2) is 4.68 Å². The molecule has 0 spiro atoms. The molecule has 1 aliphatic rings. The van der Waals surface area contributed by atoms with Gasteiger partial charge in [0.1, 0.15) is 5.75 Å². The van der Waals surface area contributed by atoms with Crippen LogP contribution in [-0.2, 0) is 13.0 Å². The number of anilines is 1. The van der Waals surface area contributed by atoms with Crippen molar-refractivity contribution in [2.45, 2.75) is 26.8 Å². The summed E-state index contributed by atoms with van der Waals surface area (Å²) >= 11 is 0. The third-order valence-corrected chi connectivity index (χ3v) is 6.17. The van der Waals surface area contributed by atoms with Gasteiger partial charge in [0.25, 0.3) is 0 Å². The van der Waals surface area contributed by atoms with Crippen molar-refractivity contribution in [2.75, 3.05) is 51.3 Å². The van der Waals surface area contributed by atoms with Crippen LogP contribution >= 0.6 is 0 Å². The Morgan fingerprint density at radius 1 is 0.939 bits per heavy atom. The van der Waals surface area contributed by atoms with Crippen LogP contribution in [0, 0.1) is 5.92 Å². The summed E-state index contributed by atoms with van der Waals surface area (Å²) in [6.45, 7) is 11.7. The summed E-state index contributed by atoms with van der Waals surface area (Å²) in [7, 11) is 1.71. The quantitative estimate of drug-likeness (QED) is 0.476. The standard InChI is InChI=1S/C27H37N5O/c1-22(2)19-26-20-23(29-32(26)25-7-5-4-6-8-25)21-28-13-14-30-15-17-31(18-16-30)24-9-11-27(33-3)12-10-24/h4-12,20,22,28H,13-19,21H2,1-3H3. The van der Waals surface area contributed by atoms with E-state index in [1.807, 2.05) is 12.1 Å². The van der Waals surface area contributed by atoms with E-state index in [4.69, 9.17) is 9.84 Å². The van der Waals surface area contributed by atoms with E-state index < -0.39 is 0 Å². The minimum atomic E-state index is 0.599. The molecule has 4 rings (SSSR count). The predicted octanol–water partition coefficient (Wildman–Crippen LogP) is 3.99. The first-order valence-corrected chi connectivity index (χ1v) is 12.1. The van der Waals surface area contributed by atoms with E-state index in [-0.39, 0.29) is 0 Å². The number of para-hydroxylation sites is 1. The Balaban J connectivity index is 1.23. The molecule has 33 heavy (non-hydrogen) atoms. The number of piperazine rings is 1. The van der Waals surface area contributed by atoms with Gasteiger partial charge in [0.2, 0.25) is 0 Å². The second kappa shape index (κ2) is 11.3. The normalized spacial score (nSPS) is 14.7. The van der Waals surface area contributed by atoms with Gasteiger partial charge in [-0.15, -0.1) is 0 Å². The number of ether oxygens (including phenoxy) is 1. The van der Waals surface area contributed by atoms with Crippen molar-refractivity contribution >= 4 is 5.69 Å². The minimum Gasteiger partial charge on any atom is -0.497 e. The number of hydrogen-bond acceptors (Lipinski definition) is 5. The lowest BCUT2D eigenvalue weighted by Crippen LogP contribution is -2.48. The summed E-state index contributed by atoms with van der Waals surface area (Å²) in [6.07, 6.45) is 1.03. The molecule has 176 valence electrons. The average Bonchev–Trinajstić information content (AvgIpc) is 3.24. The zero-order chi connectivity index (χ0) is 23.0. The van der Waals surface area contributed by atoms with Crippen LogP contribution in [0.3, 0.4) is 0 Å². The molecule has 0 bridgehead atoms. The Bertz CT molecular complexity index is 976. The SMILES string of the molecule is COc1ccc(N2CCN(CCNCc3cc(CC(C)C)n(-c4ccccc4)n3)CC2)cc1. The van der Waals surface area contributed by atoms with Crippen molar-refractivity contribution in [3.8, 4) is 11.4 Å². The summed E-state index contributed by atoms with van der Waals surface area (Å²) in [5, 5.41) is 8.50. The van der Waals surface area contributed by atoms with Gasteiger partial charge >= 0.3 is 0 Å². The number of hydrogen-bond donors (Lipinski definition) is 1. The van der Waals surface area contributed by atoms with Crippen molar-refractivity contribution in [1.82, 2.24) is 20.0 Å². The maximum Gasteiger partial charge on any atom is 0.119 e. The highest BCUT2D eigenvalue weighted by atomic mass is 16.5. The Hall–Kier alpha value is -2.83. The van der Waals surface area contributed by atoms with Gasteiger partial charge in [0.15, 0.2) is 0 Å². The Kier molecular flexibility index (Phi) is 8.02. The second-order valence-electron chi connectivity index (χ2n) is 9.18. The summed E-state index contributed by atoms with van der Waals surface area (Å²) < 4.78 is 7.37. The van der Waals surface area contributed by atoms with Gasteiger partial charge in [-0.2, -0.15) is 5.10 Å². The molecule has 0 saturated carbocycles. The van der Waals surface area contributed by atoms with E-state index in [1.54, 1.807) is 7.11 Å². The fraction of sp³-hybridized carbons (Fsp3) is 0.444. The molecule has 0 amide bonds. The predicted molar refractivity (Wildman–Crippen MR) is 135 cm³/mol. The molecule has 6 nitrogen and oxygen atoms in total. The minimum absolute atomic E-state index is 0.599. The molecule has 1 aliphatic heterocycles. The maximum absolute atomic E-state index is 5.27. The molecule has 1 aromatic heterocycles. The summed E-state index contributed by atoms with van der Waals surface area (Å²) in [4.78, 5) is 5.00. The number of benzene rings is 2. The van der Waals surface area contributed by atoms with E-state index in [0.29, 0.717) is 5.92 Å². The Labute approximate surface area is 198 Å². The van der Waals surface area contributed by atoms with Gasteiger partial charge in [0, 0.05) is 57.2 Å². The molecule has 2 aromatic carbocycles. The van der Waals surface area contributed by atoms with Crippen LogP contribution in [0.25, 0.3) is 5.69 Å². The molecule has 1 N–H and O–H groups in total. The molecule has 0 radical (unpaired) electrons. The third kappa shape index (κ3) is 6.36. The lowest BCUT2D eigenvalue weighted by Gasteiger charge is -2.36. The van der Waals surface area contributed by atoms with Crippen LogP contribution in [-0.4, -0.2) is 61.1 Å². The van der Waals surface area contributed by atoms with Crippen LogP contribution in [0.5, 0.6) is 5.75 Å². The smallest absolute Gasteiger partial charge is 0.119 e. The molecule has 1 fully saturated rings. The van der Waals surface area contributed by atoms with E-state index in [9.17, 15) is 0 Å². The number of nitrogens with zero attached hydrogens (tertiary/aromatic N) is 4. The van der Waals surface area contributed by atoms with E-state index >= 15 is 0 Å². The van der Waals surface area contributed by atoms with Crippen molar-refractivity contribution in [2.24, 2.45) is 5.92 Å². The lowest BCUT2D eigenvalue weighted by atomic mass is 10.1.